The maximum Gasteiger partial charge on any atom is 0.0458 e. The van der Waals surface area contributed by atoms with Crippen LogP contribution in [0.5, 0.6) is 0 Å². The molecule has 3 aromatic carbocycles. The first kappa shape index (κ1) is 23.1. The molecule has 0 amide bonds. The van der Waals surface area contributed by atoms with Crippen molar-refractivity contribution in [1.29, 1.82) is 0 Å². The molecule has 0 saturated carbocycles. The van der Waals surface area contributed by atoms with Crippen molar-refractivity contribution in [3.63, 3.8) is 0 Å². The Hall–Kier alpha value is -3.58. The minimum atomic E-state index is 0.533. The zero-order valence-electron chi connectivity index (χ0n) is 19.6. The van der Waals surface area contributed by atoms with Gasteiger partial charge in [-0.3, -0.25) is 0 Å². The van der Waals surface area contributed by atoms with Gasteiger partial charge in [0, 0.05) is 17.1 Å². The molecule has 0 bridgehead atoms. The van der Waals surface area contributed by atoms with Crippen LogP contribution in [0, 0.1) is 5.92 Å². The van der Waals surface area contributed by atoms with Crippen molar-refractivity contribution in [1.82, 2.24) is 0 Å². The summed E-state index contributed by atoms with van der Waals surface area (Å²) in [7, 11) is 0. The van der Waals surface area contributed by atoms with E-state index < -0.39 is 0 Å². The molecule has 162 valence electrons. The lowest BCUT2D eigenvalue weighted by molar-refractivity contribution is 0.832. The highest BCUT2D eigenvalue weighted by Gasteiger charge is 2.12. The number of benzene rings is 3. The summed E-state index contributed by atoms with van der Waals surface area (Å²) in [5.41, 5.74) is 8.26. The molecule has 0 radical (unpaired) electrons. The van der Waals surface area contributed by atoms with Gasteiger partial charge in [-0.05, 0) is 72.4 Å². The highest BCUT2D eigenvalue weighted by atomic mass is 15.1. The fraction of sp³-hybridized carbons (Fsp3) is 0.161. The minimum absolute atomic E-state index is 0.533. The Morgan fingerprint density at radius 1 is 0.812 bits per heavy atom. The second kappa shape index (κ2) is 11.2. The lowest BCUT2D eigenvalue weighted by Crippen LogP contribution is -2.14. The van der Waals surface area contributed by atoms with Gasteiger partial charge in [0.2, 0.25) is 0 Å². The number of rotatable bonds is 8. The maximum atomic E-state index is 3.89. The predicted octanol–water partition coefficient (Wildman–Crippen LogP) is 9.20. The SMILES string of the molecule is C=C/C=C(\C)N(c1ccc(C(/C=C\C(C)C)=C/C)cc1)c1ccc(-c2ccccc2)cc1. The topological polar surface area (TPSA) is 3.24 Å². The van der Waals surface area contributed by atoms with Crippen molar-refractivity contribution in [2.75, 3.05) is 4.90 Å². The molecule has 1 nitrogen and oxygen atoms in total. The van der Waals surface area contributed by atoms with E-state index >= 15 is 0 Å². The van der Waals surface area contributed by atoms with Gasteiger partial charge in [0.15, 0.2) is 0 Å². The molecule has 0 spiro atoms. The fourth-order valence-electron chi connectivity index (χ4n) is 3.69. The maximum absolute atomic E-state index is 3.89. The van der Waals surface area contributed by atoms with E-state index in [4.69, 9.17) is 0 Å². The number of hydrogen-bond donors (Lipinski definition) is 0. The third-order valence-corrected chi connectivity index (χ3v) is 5.37. The Labute approximate surface area is 193 Å². The molecular formula is C31H33N. The molecule has 0 N–H and O–H groups in total. The largest absolute Gasteiger partial charge is 0.315 e. The van der Waals surface area contributed by atoms with Crippen LogP contribution in [0.3, 0.4) is 0 Å². The lowest BCUT2D eigenvalue weighted by atomic mass is 10.0. The van der Waals surface area contributed by atoms with E-state index in [0.29, 0.717) is 5.92 Å². The Bertz CT molecular complexity index is 1100. The normalized spacial score (nSPS) is 12.4. The summed E-state index contributed by atoms with van der Waals surface area (Å²) in [5.74, 6) is 0.533. The monoisotopic (exact) mass is 419 g/mol. The molecule has 1 heteroatoms. The zero-order chi connectivity index (χ0) is 22.9. The van der Waals surface area contributed by atoms with Crippen molar-refractivity contribution >= 4 is 16.9 Å². The first-order chi connectivity index (χ1) is 15.5. The molecule has 32 heavy (non-hydrogen) atoms. The van der Waals surface area contributed by atoms with Gasteiger partial charge in [-0.1, -0.05) is 99.3 Å². The Balaban J connectivity index is 1.94. The standard InChI is InChI=1S/C31H33N/c1-6-11-25(5)32(31-22-18-29(19-23-31)27-12-9-8-10-13-27)30-20-16-28(17-21-30)26(7-2)15-14-24(3)4/h6-24H,1H2,2-5H3/b15-14-,25-11+,26-7+. The Morgan fingerprint density at radius 2 is 1.38 bits per heavy atom. The van der Waals surface area contributed by atoms with Crippen molar-refractivity contribution in [3.05, 3.63) is 127 Å². The molecule has 0 aliphatic carbocycles. The second-order valence-corrected chi connectivity index (χ2v) is 8.19. The van der Waals surface area contributed by atoms with Crippen LogP contribution in [0.4, 0.5) is 11.4 Å². The van der Waals surface area contributed by atoms with Gasteiger partial charge in [0.1, 0.15) is 0 Å². The minimum Gasteiger partial charge on any atom is -0.315 e. The molecule has 0 aromatic heterocycles. The van der Waals surface area contributed by atoms with Crippen LogP contribution < -0.4 is 4.90 Å². The summed E-state index contributed by atoms with van der Waals surface area (Å²) >= 11 is 0. The summed E-state index contributed by atoms with van der Waals surface area (Å²) in [4.78, 5) is 2.26. The van der Waals surface area contributed by atoms with Gasteiger partial charge in [-0.25, -0.2) is 0 Å². The molecule has 3 aromatic rings. The Morgan fingerprint density at radius 3 is 1.91 bits per heavy atom. The van der Waals surface area contributed by atoms with Crippen LogP contribution in [0.1, 0.15) is 33.3 Å². The molecular weight excluding hydrogens is 386 g/mol. The fourth-order valence-corrected chi connectivity index (χ4v) is 3.69. The van der Waals surface area contributed by atoms with E-state index in [2.05, 4.69) is 130 Å². The third kappa shape index (κ3) is 5.76. The van der Waals surface area contributed by atoms with Crippen molar-refractivity contribution in [3.8, 4) is 11.1 Å². The van der Waals surface area contributed by atoms with Crippen LogP contribution in [-0.2, 0) is 0 Å². The molecule has 0 unspecified atom stereocenters. The molecule has 3 rings (SSSR count). The van der Waals surface area contributed by atoms with E-state index in [1.807, 2.05) is 18.2 Å². The third-order valence-electron chi connectivity index (χ3n) is 5.37. The zero-order valence-corrected chi connectivity index (χ0v) is 19.6. The van der Waals surface area contributed by atoms with Gasteiger partial charge >= 0.3 is 0 Å². The van der Waals surface area contributed by atoms with Crippen molar-refractivity contribution < 1.29 is 0 Å². The summed E-state index contributed by atoms with van der Waals surface area (Å²) in [6.45, 7) is 12.5. The Kier molecular flexibility index (Phi) is 8.05. The summed E-state index contributed by atoms with van der Waals surface area (Å²) in [5, 5.41) is 0. The first-order valence-corrected chi connectivity index (χ1v) is 11.2. The van der Waals surface area contributed by atoms with Gasteiger partial charge in [0.05, 0.1) is 0 Å². The molecule has 0 fully saturated rings. The smallest absolute Gasteiger partial charge is 0.0458 e. The number of nitrogens with zero attached hydrogens (tertiary/aromatic N) is 1. The highest BCUT2D eigenvalue weighted by molar-refractivity contribution is 5.77. The first-order valence-electron chi connectivity index (χ1n) is 11.2. The number of anilines is 2. The molecule has 0 aliphatic heterocycles. The van der Waals surface area contributed by atoms with Crippen LogP contribution in [-0.4, -0.2) is 0 Å². The quantitative estimate of drug-likeness (QED) is 0.329. The summed E-state index contributed by atoms with van der Waals surface area (Å²) < 4.78 is 0. The number of allylic oxidation sites excluding steroid dienone is 7. The average Bonchev–Trinajstić information content (AvgIpc) is 2.81. The van der Waals surface area contributed by atoms with Crippen molar-refractivity contribution in [2.24, 2.45) is 5.92 Å². The van der Waals surface area contributed by atoms with E-state index in [0.717, 1.165) is 17.1 Å². The molecule has 0 atom stereocenters. The van der Waals surface area contributed by atoms with Crippen molar-refractivity contribution in [2.45, 2.75) is 27.7 Å². The molecule has 0 aliphatic rings. The average molecular weight is 420 g/mol. The second-order valence-electron chi connectivity index (χ2n) is 8.19. The van der Waals surface area contributed by atoms with Gasteiger partial charge in [-0.15, -0.1) is 0 Å². The van der Waals surface area contributed by atoms with Crippen LogP contribution >= 0.6 is 0 Å². The highest BCUT2D eigenvalue weighted by Crippen LogP contribution is 2.32. The van der Waals surface area contributed by atoms with E-state index in [1.165, 1.54) is 22.3 Å². The van der Waals surface area contributed by atoms with E-state index in [1.54, 1.807) is 0 Å². The molecule has 0 saturated heterocycles. The van der Waals surface area contributed by atoms with Gasteiger partial charge in [-0.2, -0.15) is 0 Å². The van der Waals surface area contributed by atoms with Crippen LogP contribution in [0.25, 0.3) is 16.7 Å². The van der Waals surface area contributed by atoms with Crippen LogP contribution in [0.2, 0.25) is 0 Å². The molecule has 0 heterocycles. The lowest BCUT2D eigenvalue weighted by Gasteiger charge is -2.26. The van der Waals surface area contributed by atoms with E-state index in [-0.39, 0.29) is 0 Å². The summed E-state index contributed by atoms with van der Waals surface area (Å²) in [6, 6.07) is 28.0. The summed E-state index contributed by atoms with van der Waals surface area (Å²) in [6.07, 6.45) is 10.5. The van der Waals surface area contributed by atoms with E-state index in [9.17, 15) is 0 Å². The van der Waals surface area contributed by atoms with Gasteiger partial charge in [0.25, 0.3) is 0 Å². The predicted molar refractivity (Wildman–Crippen MR) is 142 cm³/mol. The van der Waals surface area contributed by atoms with Gasteiger partial charge < -0.3 is 4.90 Å². The number of hydrogen-bond acceptors (Lipinski definition) is 1. The van der Waals surface area contributed by atoms with Crippen LogP contribution in [0.15, 0.2) is 122 Å².